The third-order valence-electron chi connectivity index (χ3n) is 7.15. The summed E-state index contributed by atoms with van der Waals surface area (Å²) in [5, 5.41) is 13.0. The Hall–Kier alpha value is -3.23. The van der Waals surface area contributed by atoms with Crippen LogP contribution < -0.4 is 10.7 Å². The predicted molar refractivity (Wildman–Crippen MR) is 110 cm³/mol. The van der Waals surface area contributed by atoms with Gasteiger partial charge in [0.05, 0.1) is 11.6 Å². The molecule has 7 nitrogen and oxygen atoms in total. The summed E-state index contributed by atoms with van der Waals surface area (Å²) in [6.45, 7) is 3.34. The zero-order chi connectivity index (χ0) is 22.9. The van der Waals surface area contributed by atoms with Crippen molar-refractivity contribution in [2.45, 2.75) is 63.7 Å². The van der Waals surface area contributed by atoms with Gasteiger partial charge in [0.15, 0.2) is 11.4 Å². The third-order valence-corrected chi connectivity index (χ3v) is 7.15. The Kier molecular flexibility index (Phi) is 4.44. The molecule has 2 aromatic rings. The molecule has 0 aliphatic carbocycles. The molecule has 1 aromatic carbocycles. The van der Waals surface area contributed by atoms with Gasteiger partial charge in [-0.15, -0.1) is 0 Å². The van der Waals surface area contributed by atoms with Crippen LogP contribution in [0.1, 0.15) is 70.6 Å². The monoisotopic (exact) mass is 443 g/mol. The Balaban J connectivity index is 1.50. The molecule has 0 saturated carbocycles. The van der Waals surface area contributed by atoms with Crippen molar-refractivity contribution in [3.05, 3.63) is 62.6 Å². The quantitative estimate of drug-likeness (QED) is 0.763. The van der Waals surface area contributed by atoms with Crippen LogP contribution >= 0.6 is 0 Å². The van der Waals surface area contributed by atoms with Crippen LogP contribution in [0.5, 0.6) is 5.75 Å². The highest BCUT2D eigenvalue weighted by atomic mass is 19.1. The molecule has 2 fully saturated rings. The lowest BCUT2D eigenvalue weighted by molar-refractivity contribution is 0.0490. The van der Waals surface area contributed by atoms with E-state index in [1.165, 1.54) is 17.7 Å². The Morgan fingerprint density at radius 2 is 1.84 bits per heavy atom. The smallest absolute Gasteiger partial charge is 0.275 e. The molecule has 3 aliphatic heterocycles. The van der Waals surface area contributed by atoms with Crippen LogP contribution in [-0.2, 0) is 6.54 Å². The lowest BCUT2D eigenvalue weighted by Crippen LogP contribution is -2.53. The molecular formula is C23H23F2N3O4. The predicted octanol–water partition coefficient (Wildman–Crippen LogP) is 2.78. The number of pyridine rings is 1. The molecule has 2 saturated heterocycles. The van der Waals surface area contributed by atoms with Crippen LogP contribution in [0.2, 0.25) is 0 Å². The number of rotatable bonds is 3. The molecule has 4 heterocycles. The number of halogens is 2. The molecule has 9 heteroatoms. The first-order valence-corrected chi connectivity index (χ1v) is 10.7. The summed E-state index contributed by atoms with van der Waals surface area (Å²) in [4.78, 5) is 40.5. The Labute approximate surface area is 182 Å². The molecular weight excluding hydrogens is 420 g/mol. The van der Waals surface area contributed by atoms with Gasteiger partial charge in [0.2, 0.25) is 5.43 Å². The zero-order valence-electron chi connectivity index (χ0n) is 17.7. The van der Waals surface area contributed by atoms with Gasteiger partial charge < -0.3 is 19.9 Å². The van der Waals surface area contributed by atoms with E-state index in [-0.39, 0.29) is 28.4 Å². The Bertz CT molecular complexity index is 1210. The molecule has 32 heavy (non-hydrogen) atoms. The summed E-state index contributed by atoms with van der Waals surface area (Å²) in [6, 6.07) is 1.38. The highest BCUT2D eigenvalue weighted by Crippen LogP contribution is 2.50. The minimum atomic E-state index is -1.06. The maximum Gasteiger partial charge on any atom is 0.275 e. The topological polar surface area (TPSA) is 91.6 Å². The average molecular weight is 443 g/mol. The number of aromatic hydroxyl groups is 1. The maximum absolute atomic E-state index is 14.3. The second kappa shape index (κ2) is 6.88. The van der Waals surface area contributed by atoms with Gasteiger partial charge in [-0.3, -0.25) is 14.4 Å². The molecule has 0 unspecified atom stereocenters. The van der Waals surface area contributed by atoms with Crippen molar-refractivity contribution >= 4 is 11.8 Å². The van der Waals surface area contributed by atoms with E-state index in [0.717, 1.165) is 37.8 Å². The second-order valence-electron chi connectivity index (χ2n) is 9.17. The number of amides is 2. The summed E-state index contributed by atoms with van der Waals surface area (Å²) < 4.78 is 30.1. The van der Waals surface area contributed by atoms with E-state index < -0.39 is 40.7 Å². The Morgan fingerprint density at radius 1 is 1.22 bits per heavy atom. The normalized spacial score (nSPS) is 24.3. The number of nitrogens with zero attached hydrogens (tertiary/aromatic N) is 2. The number of hydrogen-bond acceptors (Lipinski definition) is 4. The fraction of sp³-hybridized carbons (Fsp3) is 0.435. The minimum Gasteiger partial charge on any atom is -0.503 e. The van der Waals surface area contributed by atoms with Gasteiger partial charge in [-0.25, -0.2) is 8.78 Å². The Morgan fingerprint density at radius 3 is 2.47 bits per heavy atom. The number of hydrogen-bond donors (Lipinski definition) is 2. The van der Waals surface area contributed by atoms with Crippen molar-refractivity contribution in [3.8, 4) is 5.75 Å². The average Bonchev–Trinajstić information content (AvgIpc) is 3.25. The van der Waals surface area contributed by atoms with E-state index >= 15 is 0 Å². The van der Waals surface area contributed by atoms with Gasteiger partial charge >= 0.3 is 0 Å². The summed E-state index contributed by atoms with van der Waals surface area (Å²) in [5.41, 5.74) is -1.75. The van der Waals surface area contributed by atoms with Gasteiger partial charge in [0.25, 0.3) is 11.8 Å². The molecule has 5 rings (SSSR count). The number of carbonyl (C=O) groups is 2. The number of nitrogens with one attached hydrogen (secondary N) is 1. The third kappa shape index (κ3) is 2.79. The van der Waals surface area contributed by atoms with E-state index in [2.05, 4.69) is 5.32 Å². The van der Waals surface area contributed by atoms with Crippen molar-refractivity contribution in [2.75, 3.05) is 0 Å². The van der Waals surface area contributed by atoms with E-state index in [0.29, 0.717) is 12.1 Å². The number of aryl methyl sites for hydroxylation is 1. The lowest BCUT2D eigenvalue weighted by Gasteiger charge is -2.41. The van der Waals surface area contributed by atoms with E-state index in [9.17, 15) is 28.3 Å². The summed E-state index contributed by atoms with van der Waals surface area (Å²) >= 11 is 0. The summed E-state index contributed by atoms with van der Waals surface area (Å²) in [5.74, 6) is -3.65. The second-order valence-corrected chi connectivity index (χ2v) is 9.17. The van der Waals surface area contributed by atoms with Gasteiger partial charge in [-0.1, -0.05) is 0 Å². The molecule has 0 radical (unpaired) electrons. The van der Waals surface area contributed by atoms with Gasteiger partial charge in [0, 0.05) is 24.3 Å². The van der Waals surface area contributed by atoms with Gasteiger partial charge in [-0.2, -0.15) is 0 Å². The van der Waals surface area contributed by atoms with Crippen LogP contribution in [0, 0.1) is 18.6 Å². The van der Waals surface area contributed by atoms with Gasteiger partial charge in [0.1, 0.15) is 17.2 Å². The molecule has 2 bridgehead atoms. The lowest BCUT2D eigenvalue weighted by atomic mass is 9.86. The number of aromatic nitrogens is 1. The highest BCUT2D eigenvalue weighted by Gasteiger charge is 2.57. The number of benzene rings is 1. The SMILES string of the molecule is Cc1cc(F)c([C@@H](C)NC(=O)c2cn3c(c(O)c2=O)C(=O)N2C4CCC2(CC4)C3)c(F)c1. The zero-order valence-corrected chi connectivity index (χ0v) is 17.7. The van der Waals surface area contributed by atoms with Crippen molar-refractivity contribution in [1.29, 1.82) is 0 Å². The van der Waals surface area contributed by atoms with Crippen LogP contribution in [0.4, 0.5) is 8.78 Å². The number of fused-ring (bicyclic) bond motifs is 1. The fourth-order valence-corrected chi connectivity index (χ4v) is 5.70. The number of carbonyl (C=O) groups excluding carboxylic acids is 2. The first-order valence-electron chi connectivity index (χ1n) is 10.7. The van der Waals surface area contributed by atoms with Crippen LogP contribution in [0.25, 0.3) is 0 Å². The first-order chi connectivity index (χ1) is 15.1. The van der Waals surface area contributed by atoms with Crippen molar-refractivity contribution in [3.63, 3.8) is 0 Å². The molecule has 2 amide bonds. The summed E-state index contributed by atoms with van der Waals surface area (Å²) in [6.07, 6.45) is 4.70. The largest absolute Gasteiger partial charge is 0.503 e. The fourth-order valence-electron chi connectivity index (χ4n) is 5.70. The molecule has 1 atom stereocenters. The molecule has 2 N–H and O–H groups in total. The van der Waals surface area contributed by atoms with Crippen molar-refractivity contribution < 1.29 is 23.5 Å². The highest BCUT2D eigenvalue weighted by molar-refractivity contribution is 6.00. The molecule has 0 spiro atoms. The molecule has 1 aromatic heterocycles. The summed E-state index contributed by atoms with van der Waals surface area (Å²) in [7, 11) is 0. The van der Waals surface area contributed by atoms with Crippen LogP contribution in [0.3, 0.4) is 0 Å². The molecule has 168 valence electrons. The van der Waals surface area contributed by atoms with Gasteiger partial charge in [-0.05, 0) is 57.2 Å². The first kappa shape index (κ1) is 20.7. The van der Waals surface area contributed by atoms with E-state index in [1.807, 2.05) is 0 Å². The van der Waals surface area contributed by atoms with Crippen LogP contribution in [0.15, 0.2) is 23.1 Å². The van der Waals surface area contributed by atoms with Crippen LogP contribution in [-0.4, -0.2) is 38.0 Å². The van der Waals surface area contributed by atoms with Crippen molar-refractivity contribution in [2.24, 2.45) is 0 Å². The minimum absolute atomic E-state index is 0.111. The van der Waals surface area contributed by atoms with Crippen molar-refractivity contribution in [1.82, 2.24) is 14.8 Å². The van der Waals surface area contributed by atoms with E-state index in [1.54, 1.807) is 11.8 Å². The maximum atomic E-state index is 14.3. The van der Waals surface area contributed by atoms with E-state index in [4.69, 9.17) is 0 Å². The molecule has 3 aliphatic rings. The standard InChI is InChI=1S/C23H23F2N3O4/c1-11-7-15(24)17(16(25)8-11)12(2)26-21(31)14-9-27-10-23-5-3-13(4-6-23)28(23)22(32)18(27)20(30)19(14)29/h7-9,12-13,30H,3-6,10H2,1-2H3,(H,26,31)/t12-,13?,23?/m1/s1.